The number of likely N-dealkylation sites (tertiary alicyclic amines) is 1. The van der Waals surface area contributed by atoms with Crippen molar-refractivity contribution in [2.24, 2.45) is 0 Å². The van der Waals surface area contributed by atoms with Crippen LogP contribution in [0.25, 0.3) is 0 Å². The maximum absolute atomic E-state index is 12.7. The first-order chi connectivity index (χ1) is 13.3. The molecule has 4 nitrogen and oxygen atoms in total. The standard InChI is InChI=1S/C23H24N2O2/c26-23(22-13-12-20(27-22)17-25-14-6-7-15-25)24-21-11-5-4-10-19(21)16-18-8-2-1-3-9-18/h1-5,8-13H,6-7,14-17H2,(H,24,26). The number of hydrogen-bond donors (Lipinski definition) is 1. The predicted octanol–water partition coefficient (Wildman–Crippen LogP) is 4.72. The Morgan fingerprint density at radius 3 is 2.48 bits per heavy atom. The molecule has 0 unspecified atom stereocenters. The Balaban J connectivity index is 1.44. The lowest BCUT2D eigenvalue weighted by Crippen LogP contribution is -2.18. The van der Waals surface area contributed by atoms with Crippen molar-refractivity contribution in [3.63, 3.8) is 0 Å². The van der Waals surface area contributed by atoms with E-state index in [1.54, 1.807) is 6.07 Å². The van der Waals surface area contributed by atoms with Crippen LogP contribution in [0.5, 0.6) is 0 Å². The van der Waals surface area contributed by atoms with Gasteiger partial charge in [-0.3, -0.25) is 9.69 Å². The van der Waals surface area contributed by atoms with Gasteiger partial charge in [0.2, 0.25) is 0 Å². The molecule has 1 aromatic heterocycles. The van der Waals surface area contributed by atoms with Crippen molar-refractivity contribution in [2.45, 2.75) is 25.8 Å². The second kappa shape index (κ2) is 8.23. The van der Waals surface area contributed by atoms with E-state index in [-0.39, 0.29) is 5.91 Å². The summed E-state index contributed by atoms with van der Waals surface area (Å²) < 4.78 is 5.78. The summed E-state index contributed by atoms with van der Waals surface area (Å²) in [5.74, 6) is 1.00. The van der Waals surface area contributed by atoms with E-state index in [0.29, 0.717) is 5.76 Å². The number of hydrogen-bond acceptors (Lipinski definition) is 3. The van der Waals surface area contributed by atoms with Crippen LogP contribution in [0.3, 0.4) is 0 Å². The number of furan rings is 1. The maximum atomic E-state index is 12.7. The first-order valence-electron chi connectivity index (χ1n) is 9.52. The Bertz CT molecular complexity index is 896. The highest BCUT2D eigenvalue weighted by atomic mass is 16.4. The van der Waals surface area contributed by atoms with Gasteiger partial charge in [0.1, 0.15) is 5.76 Å². The van der Waals surface area contributed by atoms with Crippen molar-refractivity contribution in [3.05, 3.63) is 89.4 Å². The van der Waals surface area contributed by atoms with Crippen LogP contribution in [0.15, 0.2) is 71.1 Å². The largest absolute Gasteiger partial charge is 0.455 e. The van der Waals surface area contributed by atoms with Gasteiger partial charge in [-0.25, -0.2) is 0 Å². The molecule has 0 radical (unpaired) electrons. The molecule has 0 atom stereocenters. The van der Waals surface area contributed by atoms with Gasteiger partial charge in [0.05, 0.1) is 6.54 Å². The minimum Gasteiger partial charge on any atom is -0.455 e. The van der Waals surface area contributed by atoms with Crippen LogP contribution in [0, 0.1) is 0 Å². The van der Waals surface area contributed by atoms with Crippen molar-refractivity contribution in [2.75, 3.05) is 18.4 Å². The molecule has 2 aromatic carbocycles. The van der Waals surface area contributed by atoms with Crippen molar-refractivity contribution >= 4 is 11.6 Å². The monoisotopic (exact) mass is 360 g/mol. The molecule has 0 spiro atoms. The van der Waals surface area contributed by atoms with E-state index in [1.165, 1.54) is 18.4 Å². The van der Waals surface area contributed by atoms with E-state index in [0.717, 1.165) is 43.1 Å². The number of rotatable bonds is 6. The van der Waals surface area contributed by atoms with Crippen LogP contribution in [0.2, 0.25) is 0 Å². The van der Waals surface area contributed by atoms with Gasteiger partial charge in [-0.15, -0.1) is 0 Å². The number of nitrogens with zero attached hydrogens (tertiary/aromatic N) is 1. The van der Waals surface area contributed by atoms with Gasteiger partial charge >= 0.3 is 0 Å². The molecule has 1 fully saturated rings. The molecule has 3 aromatic rings. The molecule has 1 amide bonds. The molecular formula is C23H24N2O2. The zero-order valence-corrected chi connectivity index (χ0v) is 15.4. The highest BCUT2D eigenvalue weighted by Crippen LogP contribution is 2.21. The smallest absolute Gasteiger partial charge is 0.291 e. The Morgan fingerprint density at radius 2 is 1.67 bits per heavy atom. The summed E-state index contributed by atoms with van der Waals surface area (Å²) in [5.41, 5.74) is 3.12. The molecule has 4 rings (SSSR count). The maximum Gasteiger partial charge on any atom is 0.291 e. The molecular weight excluding hydrogens is 336 g/mol. The Kier molecular flexibility index (Phi) is 5.35. The minimum absolute atomic E-state index is 0.205. The predicted molar refractivity (Wildman–Crippen MR) is 107 cm³/mol. The van der Waals surface area contributed by atoms with Gasteiger partial charge in [-0.05, 0) is 61.7 Å². The average Bonchev–Trinajstić information content (AvgIpc) is 3.37. The van der Waals surface area contributed by atoms with Crippen LogP contribution < -0.4 is 5.32 Å². The van der Waals surface area contributed by atoms with E-state index in [4.69, 9.17) is 4.42 Å². The third kappa shape index (κ3) is 4.47. The summed E-state index contributed by atoms with van der Waals surface area (Å²) in [4.78, 5) is 15.0. The Hall–Kier alpha value is -2.85. The van der Waals surface area contributed by atoms with Crippen molar-refractivity contribution in [3.8, 4) is 0 Å². The quantitative estimate of drug-likeness (QED) is 0.692. The third-order valence-electron chi connectivity index (χ3n) is 4.97. The van der Waals surface area contributed by atoms with E-state index in [2.05, 4.69) is 22.3 Å². The highest BCUT2D eigenvalue weighted by molar-refractivity contribution is 6.02. The zero-order chi connectivity index (χ0) is 18.5. The number of para-hydroxylation sites is 1. The fraction of sp³-hybridized carbons (Fsp3) is 0.261. The molecule has 1 saturated heterocycles. The first-order valence-corrected chi connectivity index (χ1v) is 9.52. The molecule has 2 heterocycles. The molecule has 1 aliphatic rings. The second-order valence-corrected chi connectivity index (χ2v) is 7.02. The number of amides is 1. The fourth-order valence-electron chi connectivity index (χ4n) is 3.54. The lowest BCUT2D eigenvalue weighted by Gasteiger charge is -2.12. The van der Waals surface area contributed by atoms with Gasteiger partial charge < -0.3 is 9.73 Å². The number of carbonyl (C=O) groups is 1. The molecule has 1 aliphatic heterocycles. The summed E-state index contributed by atoms with van der Waals surface area (Å²) in [5, 5.41) is 3.01. The van der Waals surface area contributed by atoms with E-state index < -0.39 is 0 Å². The fourth-order valence-corrected chi connectivity index (χ4v) is 3.54. The van der Waals surface area contributed by atoms with Crippen molar-refractivity contribution in [1.82, 2.24) is 4.90 Å². The van der Waals surface area contributed by atoms with Crippen LogP contribution in [0.4, 0.5) is 5.69 Å². The van der Waals surface area contributed by atoms with Crippen LogP contribution in [-0.4, -0.2) is 23.9 Å². The van der Waals surface area contributed by atoms with Crippen LogP contribution in [0.1, 0.15) is 40.3 Å². The normalized spacial score (nSPS) is 14.4. The van der Waals surface area contributed by atoms with Gasteiger partial charge in [0, 0.05) is 5.69 Å². The molecule has 0 saturated carbocycles. The summed E-state index contributed by atoms with van der Waals surface area (Å²) in [6, 6.07) is 21.8. The lowest BCUT2D eigenvalue weighted by molar-refractivity contribution is 0.0993. The van der Waals surface area contributed by atoms with Crippen molar-refractivity contribution < 1.29 is 9.21 Å². The number of anilines is 1. The number of benzene rings is 2. The lowest BCUT2D eigenvalue weighted by atomic mass is 10.0. The topological polar surface area (TPSA) is 45.5 Å². The number of nitrogens with one attached hydrogen (secondary N) is 1. The zero-order valence-electron chi connectivity index (χ0n) is 15.4. The second-order valence-electron chi connectivity index (χ2n) is 7.02. The van der Waals surface area contributed by atoms with Gasteiger partial charge in [-0.2, -0.15) is 0 Å². The summed E-state index contributed by atoms with van der Waals surface area (Å²) in [6.07, 6.45) is 3.26. The third-order valence-corrected chi connectivity index (χ3v) is 4.97. The van der Waals surface area contributed by atoms with E-state index >= 15 is 0 Å². The molecule has 0 bridgehead atoms. The first kappa shape index (κ1) is 17.6. The Labute approximate surface area is 159 Å². The molecule has 4 heteroatoms. The Morgan fingerprint density at radius 1 is 0.926 bits per heavy atom. The molecule has 0 aliphatic carbocycles. The number of carbonyl (C=O) groups excluding carboxylic acids is 1. The van der Waals surface area contributed by atoms with E-state index in [1.807, 2.05) is 48.5 Å². The van der Waals surface area contributed by atoms with Crippen LogP contribution >= 0.6 is 0 Å². The minimum atomic E-state index is -0.205. The van der Waals surface area contributed by atoms with Crippen LogP contribution in [-0.2, 0) is 13.0 Å². The van der Waals surface area contributed by atoms with Gasteiger partial charge in [0.25, 0.3) is 5.91 Å². The van der Waals surface area contributed by atoms with Crippen molar-refractivity contribution in [1.29, 1.82) is 0 Å². The van der Waals surface area contributed by atoms with E-state index in [9.17, 15) is 4.79 Å². The highest BCUT2D eigenvalue weighted by Gasteiger charge is 2.17. The summed E-state index contributed by atoms with van der Waals surface area (Å²) in [7, 11) is 0. The van der Waals surface area contributed by atoms with Gasteiger partial charge in [0.15, 0.2) is 5.76 Å². The SMILES string of the molecule is O=C(Nc1ccccc1Cc1ccccc1)c1ccc(CN2CCCC2)o1. The summed E-state index contributed by atoms with van der Waals surface area (Å²) >= 11 is 0. The molecule has 1 N–H and O–H groups in total. The molecule has 27 heavy (non-hydrogen) atoms. The average molecular weight is 360 g/mol. The summed E-state index contributed by atoms with van der Waals surface area (Å²) in [6.45, 7) is 2.99. The molecule has 138 valence electrons. The van der Waals surface area contributed by atoms with Gasteiger partial charge in [-0.1, -0.05) is 48.5 Å².